The van der Waals surface area contributed by atoms with Gasteiger partial charge in [-0.1, -0.05) is 17.3 Å². The first-order valence-corrected chi connectivity index (χ1v) is 9.35. The third-order valence-electron chi connectivity index (χ3n) is 5.09. The summed E-state index contributed by atoms with van der Waals surface area (Å²) in [5.41, 5.74) is 4.07. The number of anilines is 1. The molecule has 1 aliphatic rings. The lowest BCUT2D eigenvalue weighted by Crippen LogP contribution is -2.39. The number of nitrogens with one attached hydrogen (secondary N) is 1. The molecule has 1 aromatic carbocycles. The van der Waals surface area contributed by atoms with Gasteiger partial charge in [0.15, 0.2) is 0 Å². The van der Waals surface area contributed by atoms with E-state index < -0.39 is 0 Å². The van der Waals surface area contributed by atoms with E-state index in [0.29, 0.717) is 25.3 Å². The fraction of sp³-hybridized carbons (Fsp3) is 0.238. The number of rotatable bonds is 3. The third kappa shape index (κ3) is 3.11. The highest BCUT2D eigenvalue weighted by Crippen LogP contribution is 2.35. The number of morpholine rings is 1. The summed E-state index contributed by atoms with van der Waals surface area (Å²) in [5.74, 6) is 1.59. The first-order chi connectivity index (χ1) is 14.2. The van der Waals surface area contributed by atoms with Gasteiger partial charge in [0.25, 0.3) is 0 Å². The minimum atomic E-state index is -0.185. The number of aromatic nitrogens is 4. The average Bonchev–Trinajstić information content (AvgIpc) is 3.40. The minimum Gasteiger partial charge on any atom is -0.368 e. The maximum Gasteiger partial charge on any atom is 0.143 e. The maximum absolute atomic E-state index is 9.25. The molecule has 8 nitrogen and oxygen atoms in total. The first kappa shape index (κ1) is 17.4. The van der Waals surface area contributed by atoms with Crippen LogP contribution in [0, 0.1) is 18.3 Å². The maximum atomic E-state index is 9.25. The van der Waals surface area contributed by atoms with Gasteiger partial charge in [0.2, 0.25) is 0 Å². The Morgan fingerprint density at radius 3 is 3.03 bits per heavy atom. The number of aryl methyl sites for hydroxylation is 1. The smallest absolute Gasteiger partial charge is 0.143 e. The van der Waals surface area contributed by atoms with Crippen molar-refractivity contribution in [2.75, 3.05) is 24.6 Å². The van der Waals surface area contributed by atoms with Gasteiger partial charge in [-0.2, -0.15) is 5.26 Å². The summed E-state index contributed by atoms with van der Waals surface area (Å²) in [7, 11) is 0. The van der Waals surface area contributed by atoms with Crippen LogP contribution in [-0.4, -0.2) is 39.8 Å². The monoisotopic (exact) mass is 386 g/mol. The number of benzene rings is 1. The Kier molecular flexibility index (Phi) is 4.22. The van der Waals surface area contributed by atoms with Crippen LogP contribution in [0.3, 0.4) is 0 Å². The highest BCUT2D eigenvalue weighted by atomic mass is 16.5. The van der Waals surface area contributed by atoms with Crippen molar-refractivity contribution in [3.63, 3.8) is 0 Å². The molecule has 144 valence electrons. The number of fused-ring (bicyclic) bond motifs is 1. The molecule has 1 aliphatic heterocycles. The Morgan fingerprint density at radius 2 is 2.21 bits per heavy atom. The summed E-state index contributed by atoms with van der Waals surface area (Å²) in [6.07, 6.45) is 3.29. The molecule has 3 aromatic heterocycles. The molecule has 0 saturated carbocycles. The molecule has 0 bridgehead atoms. The Morgan fingerprint density at radius 1 is 1.28 bits per heavy atom. The highest BCUT2D eigenvalue weighted by molar-refractivity contribution is 6.01. The van der Waals surface area contributed by atoms with Crippen molar-refractivity contribution < 1.29 is 9.26 Å². The van der Waals surface area contributed by atoms with Gasteiger partial charge in [-0.05, 0) is 24.6 Å². The lowest BCUT2D eigenvalue weighted by atomic mass is 10.0. The minimum absolute atomic E-state index is 0.185. The van der Waals surface area contributed by atoms with E-state index in [1.54, 1.807) is 12.4 Å². The molecule has 5 rings (SSSR count). The summed E-state index contributed by atoms with van der Waals surface area (Å²) in [6, 6.07) is 11.6. The molecule has 1 saturated heterocycles. The van der Waals surface area contributed by atoms with Gasteiger partial charge in [0.1, 0.15) is 35.4 Å². The predicted molar refractivity (Wildman–Crippen MR) is 106 cm³/mol. The Labute approximate surface area is 166 Å². The lowest BCUT2D eigenvalue weighted by Gasteiger charge is -2.33. The van der Waals surface area contributed by atoms with Gasteiger partial charge < -0.3 is 19.1 Å². The van der Waals surface area contributed by atoms with E-state index in [9.17, 15) is 5.26 Å². The number of ether oxygens (including phenoxy) is 1. The van der Waals surface area contributed by atoms with Gasteiger partial charge >= 0.3 is 0 Å². The molecule has 0 aliphatic carbocycles. The van der Waals surface area contributed by atoms with E-state index in [-0.39, 0.29) is 6.10 Å². The fourth-order valence-corrected chi connectivity index (χ4v) is 3.73. The van der Waals surface area contributed by atoms with Crippen molar-refractivity contribution in [1.29, 1.82) is 5.26 Å². The van der Waals surface area contributed by atoms with Crippen LogP contribution in [0.1, 0.15) is 23.1 Å². The van der Waals surface area contributed by atoms with Crippen LogP contribution in [-0.2, 0) is 4.74 Å². The molecule has 8 heteroatoms. The van der Waals surface area contributed by atoms with Gasteiger partial charge in [-0.3, -0.25) is 0 Å². The number of hydrogen-bond donors (Lipinski definition) is 1. The standard InChI is InChI=1S/C21H18N6O2/c1-13-7-17(26-29-13)18-11-27(5-6-28-18)21-19-16(10-23-20(19)24-12-25-21)15-4-2-3-14(8-15)9-22/h2-4,7-8,10,12,18H,5-6,11H2,1H3,(H,23,24,25). The molecule has 1 unspecified atom stereocenters. The van der Waals surface area contributed by atoms with E-state index in [2.05, 4.69) is 31.1 Å². The lowest BCUT2D eigenvalue weighted by molar-refractivity contribution is 0.0348. The molecule has 0 radical (unpaired) electrons. The first-order valence-electron chi connectivity index (χ1n) is 9.35. The summed E-state index contributed by atoms with van der Waals surface area (Å²) in [6.45, 7) is 3.75. The van der Waals surface area contributed by atoms with Crippen LogP contribution in [0.15, 0.2) is 47.4 Å². The van der Waals surface area contributed by atoms with E-state index >= 15 is 0 Å². The van der Waals surface area contributed by atoms with E-state index in [1.807, 2.05) is 37.4 Å². The zero-order valence-electron chi connectivity index (χ0n) is 15.8. The van der Waals surface area contributed by atoms with E-state index in [0.717, 1.165) is 39.4 Å². The molecule has 4 aromatic rings. The predicted octanol–water partition coefficient (Wildman–Crippen LogP) is 3.37. The quantitative estimate of drug-likeness (QED) is 0.575. The molecule has 1 atom stereocenters. The van der Waals surface area contributed by atoms with Crippen molar-refractivity contribution in [3.8, 4) is 17.2 Å². The number of aromatic amines is 1. The number of hydrogen-bond acceptors (Lipinski definition) is 7. The molecule has 1 fully saturated rings. The van der Waals surface area contributed by atoms with Gasteiger partial charge in [-0.25, -0.2) is 9.97 Å². The van der Waals surface area contributed by atoms with Gasteiger partial charge in [0, 0.05) is 24.4 Å². The number of nitrogens with zero attached hydrogens (tertiary/aromatic N) is 5. The Hall–Kier alpha value is -3.70. The largest absolute Gasteiger partial charge is 0.368 e. The Balaban J connectivity index is 1.56. The van der Waals surface area contributed by atoms with Crippen LogP contribution in [0.4, 0.5) is 5.82 Å². The summed E-state index contributed by atoms with van der Waals surface area (Å²) in [4.78, 5) is 14.4. The highest BCUT2D eigenvalue weighted by Gasteiger charge is 2.27. The van der Waals surface area contributed by atoms with Crippen LogP contribution in [0.5, 0.6) is 0 Å². The third-order valence-corrected chi connectivity index (χ3v) is 5.09. The van der Waals surface area contributed by atoms with Crippen molar-refractivity contribution in [2.45, 2.75) is 13.0 Å². The summed E-state index contributed by atoms with van der Waals surface area (Å²) in [5, 5.41) is 14.3. The Bertz CT molecular complexity index is 1220. The van der Waals surface area contributed by atoms with Crippen LogP contribution < -0.4 is 4.90 Å². The second kappa shape index (κ2) is 7.04. The molecule has 1 N–H and O–H groups in total. The fourth-order valence-electron chi connectivity index (χ4n) is 3.73. The molecular formula is C21H18N6O2. The zero-order chi connectivity index (χ0) is 19.8. The van der Waals surface area contributed by atoms with Crippen LogP contribution in [0.25, 0.3) is 22.2 Å². The van der Waals surface area contributed by atoms with Crippen molar-refractivity contribution in [3.05, 3.63) is 59.9 Å². The second-order valence-corrected chi connectivity index (χ2v) is 6.98. The summed E-state index contributed by atoms with van der Waals surface area (Å²) >= 11 is 0. The topological polar surface area (TPSA) is 104 Å². The SMILES string of the molecule is Cc1cc(C2CN(c3ncnc4[nH]cc(-c5cccc(C#N)c5)c34)CCO2)no1. The molecule has 0 amide bonds. The molecule has 4 heterocycles. The number of H-pyrrole nitrogens is 1. The van der Waals surface area contributed by atoms with Crippen LogP contribution in [0.2, 0.25) is 0 Å². The summed E-state index contributed by atoms with van der Waals surface area (Å²) < 4.78 is 11.1. The second-order valence-electron chi connectivity index (χ2n) is 6.98. The van der Waals surface area contributed by atoms with E-state index in [1.165, 1.54) is 0 Å². The van der Waals surface area contributed by atoms with Crippen LogP contribution >= 0.6 is 0 Å². The molecule has 0 spiro atoms. The number of nitriles is 1. The molecular weight excluding hydrogens is 368 g/mol. The normalized spacial score (nSPS) is 16.8. The zero-order valence-corrected chi connectivity index (χ0v) is 15.8. The van der Waals surface area contributed by atoms with Gasteiger partial charge in [-0.15, -0.1) is 0 Å². The van der Waals surface area contributed by atoms with Crippen molar-refractivity contribution >= 4 is 16.9 Å². The average molecular weight is 386 g/mol. The van der Waals surface area contributed by atoms with Gasteiger partial charge in [0.05, 0.1) is 30.2 Å². The van der Waals surface area contributed by atoms with Crippen molar-refractivity contribution in [2.24, 2.45) is 0 Å². The van der Waals surface area contributed by atoms with Crippen molar-refractivity contribution in [1.82, 2.24) is 20.1 Å². The van der Waals surface area contributed by atoms with E-state index in [4.69, 9.17) is 9.26 Å². The molecule has 29 heavy (non-hydrogen) atoms.